The van der Waals surface area contributed by atoms with Gasteiger partial charge >= 0.3 is 0 Å². The Labute approximate surface area is 94.8 Å². The van der Waals surface area contributed by atoms with Gasteiger partial charge in [-0.3, -0.25) is 0 Å². The Hall–Kier alpha value is -1.74. The monoisotopic (exact) mass is 214 g/mol. The summed E-state index contributed by atoms with van der Waals surface area (Å²) in [5.74, 6) is 0. The molecule has 1 aromatic heterocycles. The summed E-state index contributed by atoms with van der Waals surface area (Å²) < 4.78 is 0. The second-order valence-electron chi connectivity index (χ2n) is 4.00. The molecule has 3 nitrogen and oxygen atoms in total. The number of hydrogen-bond acceptors (Lipinski definition) is 3. The fraction of sp³-hybridized carbons (Fsp3) is 0.231. The van der Waals surface area contributed by atoms with Crippen LogP contribution in [0.15, 0.2) is 36.7 Å². The van der Waals surface area contributed by atoms with Gasteiger partial charge in [0.25, 0.3) is 0 Å². The molecule has 0 aliphatic carbocycles. The first-order chi connectivity index (χ1) is 7.66. The predicted octanol–water partition coefficient (Wildman–Crippen LogP) is 2.18. The number of aromatic nitrogens is 2. The molecule has 82 valence electrons. The fourth-order valence-corrected chi connectivity index (χ4v) is 1.82. The molecule has 0 aliphatic heterocycles. The zero-order valence-electron chi connectivity index (χ0n) is 9.38. The van der Waals surface area contributed by atoms with Gasteiger partial charge in [-0.2, -0.15) is 10.2 Å². The van der Waals surface area contributed by atoms with Crippen molar-refractivity contribution in [1.29, 1.82) is 0 Å². The lowest BCUT2D eigenvalue weighted by Crippen LogP contribution is -2.01. The largest absolute Gasteiger partial charge is 0.384 e. The van der Waals surface area contributed by atoms with Gasteiger partial charge in [0.05, 0.1) is 6.20 Å². The molecule has 0 saturated heterocycles. The zero-order chi connectivity index (χ0) is 11.5. The van der Waals surface area contributed by atoms with Gasteiger partial charge in [-0.25, -0.2) is 0 Å². The van der Waals surface area contributed by atoms with E-state index in [0.717, 1.165) is 22.3 Å². The van der Waals surface area contributed by atoms with Gasteiger partial charge in [0, 0.05) is 11.8 Å². The maximum absolute atomic E-state index is 10.2. The van der Waals surface area contributed by atoms with Crippen LogP contribution >= 0.6 is 0 Å². The first kappa shape index (κ1) is 10.8. The minimum atomic E-state index is -0.630. The Balaban J connectivity index is 2.37. The number of aryl methyl sites for hydroxylation is 2. The Morgan fingerprint density at radius 2 is 1.69 bits per heavy atom. The highest BCUT2D eigenvalue weighted by Gasteiger charge is 2.11. The molecule has 3 heteroatoms. The third kappa shape index (κ3) is 2.25. The van der Waals surface area contributed by atoms with Crippen molar-refractivity contribution in [1.82, 2.24) is 10.2 Å². The molecule has 0 radical (unpaired) electrons. The zero-order valence-corrected chi connectivity index (χ0v) is 9.38. The predicted molar refractivity (Wildman–Crippen MR) is 62.0 cm³/mol. The van der Waals surface area contributed by atoms with Gasteiger partial charge in [-0.1, -0.05) is 29.3 Å². The standard InChI is InChI=1S/C13H14N2O/c1-9-5-10(2)7-12(6-9)13(16)11-3-4-14-15-8-11/h3-8,13,16H,1-2H3. The van der Waals surface area contributed by atoms with E-state index in [0.29, 0.717) is 0 Å². The third-order valence-corrected chi connectivity index (χ3v) is 2.48. The molecule has 0 amide bonds. The summed E-state index contributed by atoms with van der Waals surface area (Å²) in [6.45, 7) is 4.04. The van der Waals surface area contributed by atoms with Gasteiger partial charge in [0.15, 0.2) is 0 Å². The maximum Gasteiger partial charge on any atom is 0.106 e. The normalized spacial score (nSPS) is 12.4. The summed E-state index contributed by atoms with van der Waals surface area (Å²) in [4.78, 5) is 0. The minimum Gasteiger partial charge on any atom is -0.384 e. The van der Waals surface area contributed by atoms with Crippen LogP contribution in [0.25, 0.3) is 0 Å². The van der Waals surface area contributed by atoms with Gasteiger partial charge in [-0.15, -0.1) is 0 Å². The van der Waals surface area contributed by atoms with Crippen LogP contribution in [-0.4, -0.2) is 15.3 Å². The first-order valence-electron chi connectivity index (χ1n) is 5.19. The van der Waals surface area contributed by atoms with Crippen LogP contribution < -0.4 is 0 Å². The lowest BCUT2D eigenvalue weighted by molar-refractivity contribution is 0.219. The topological polar surface area (TPSA) is 46.0 Å². The number of hydrogen-bond donors (Lipinski definition) is 1. The molecule has 16 heavy (non-hydrogen) atoms. The Morgan fingerprint density at radius 3 is 2.25 bits per heavy atom. The average Bonchev–Trinajstić information content (AvgIpc) is 2.28. The van der Waals surface area contributed by atoms with E-state index in [1.54, 1.807) is 18.5 Å². The van der Waals surface area contributed by atoms with E-state index in [4.69, 9.17) is 0 Å². The smallest absolute Gasteiger partial charge is 0.106 e. The summed E-state index contributed by atoms with van der Waals surface area (Å²) >= 11 is 0. The fourth-order valence-electron chi connectivity index (χ4n) is 1.82. The molecule has 1 N–H and O–H groups in total. The lowest BCUT2D eigenvalue weighted by atomic mass is 9.99. The number of aliphatic hydroxyl groups excluding tert-OH is 1. The van der Waals surface area contributed by atoms with Gasteiger partial charge in [0.1, 0.15) is 6.10 Å². The van der Waals surface area contributed by atoms with Crippen molar-refractivity contribution >= 4 is 0 Å². The summed E-state index contributed by atoms with van der Waals surface area (Å²) in [7, 11) is 0. The first-order valence-corrected chi connectivity index (χ1v) is 5.19. The molecule has 0 fully saturated rings. The van der Waals surface area contributed by atoms with Gasteiger partial charge in [0.2, 0.25) is 0 Å². The number of nitrogens with zero attached hydrogens (tertiary/aromatic N) is 2. The highest BCUT2D eigenvalue weighted by Crippen LogP contribution is 2.22. The second kappa shape index (κ2) is 4.41. The molecule has 2 aromatic rings. The van der Waals surface area contributed by atoms with E-state index in [2.05, 4.69) is 16.3 Å². The molecule has 1 unspecified atom stereocenters. The summed E-state index contributed by atoms with van der Waals surface area (Å²) in [5.41, 5.74) is 3.96. The van der Waals surface area contributed by atoms with E-state index in [-0.39, 0.29) is 0 Å². The van der Waals surface area contributed by atoms with Gasteiger partial charge < -0.3 is 5.11 Å². The molecular formula is C13H14N2O. The van der Waals surface area contributed by atoms with E-state index >= 15 is 0 Å². The number of aliphatic hydroxyl groups is 1. The van der Waals surface area contributed by atoms with Crippen molar-refractivity contribution in [3.63, 3.8) is 0 Å². The summed E-state index contributed by atoms with van der Waals surface area (Å²) in [6.07, 6.45) is 2.54. The van der Waals surface area contributed by atoms with Crippen molar-refractivity contribution in [2.45, 2.75) is 20.0 Å². The number of benzene rings is 1. The van der Waals surface area contributed by atoms with E-state index in [1.165, 1.54) is 0 Å². The Bertz CT molecular complexity index is 462. The van der Waals surface area contributed by atoms with Crippen molar-refractivity contribution < 1.29 is 5.11 Å². The molecule has 0 spiro atoms. The van der Waals surface area contributed by atoms with Crippen LogP contribution in [0, 0.1) is 13.8 Å². The van der Waals surface area contributed by atoms with Crippen LogP contribution in [0.2, 0.25) is 0 Å². The van der Waals surface area contributed by atoms with Crippen molar-refractivity contribution in [2.24, 2.45) is 0 Å². The van der Waals surface area contributed by atoms with Crippen molar-refractivity contribution in [3.8, 4) is 0 Å². The third-order valence-electron chi connectivity index (χ3n) is 2.48. The van der Waals surface area contributed by atoms with E-state index < -0.39 is 6.10 Å². The highest BCUT2D eigenvalue weighted by molar-refractivity contribution is 5.34. The summed E-state index contributed by atoms with van der Waals surface area (Å²) in [5, 5.41) is 17.6. The van der Waals surface area contributed by atoms with Crippen LogP contribution in [0.1, 0.15) is 28.4 Å². The molecule has 0 bridgehead atoms. The van der Waals surface area contributed by atoms with Crippen LogP contribution in [0.5, 0.6) is 0 Å². The average molecular weight is 214 g/mol. The Kier molecular flexibility index (Phi) is 2.97. The highest BCUT2D eigenvalue weighted by atomic mass is 16.3. The van der Waals surface area contributed by atoms with E-state index in [9.17, 15) is 5.11 Å². The molecule has 1 aromatic carbocycles. The molecule has 0 aliphatic rings. The quantitative estimate of drug-likeness (QED) is 0.833. The molecule has 0 saturated carbocycles. The van der Waals surface area contributed by atoms with Gasteiger partial charge in [-0.05, 0) is 25.5 Å². The molecule has 2 rings (SSSR count). The Morgan fingerprint density at radius 1 is 1.00 bits per heavy atom. The van der Waals surface area contributed by atoms with Crippen LogP contribution in [0.4, 0.5) is 0 Å². The van der Waals surface area contributed by atoms with Crippen molar-refractivity contribution in [2.75, 3.05) is 0 Å². The minimum absolute atomic E-state index is 0.630. The second-order valence-corrected chi connectivity index (χ2v) is 4.00. The SMILES string of the molecule is Cc1cc(C)cc(C(O)c2ccnnc2)c1. The molecular weight excluding hydrogens is 200 g/mol. The lowest BCUT2D eigenvalue weighted by Gasteiger charge is -2.12. The maximum atomic E-state index is 10.2. The van der Waals surface area contributed by atoms with Crippen molar-refractivity contribution in [3.05, 3.63) is 58.9 Å². The van der Waals surface area contributed by atoms with Crippen LogP contribution in [-0.2, 0) is 0 Å². The molecule has 1 heterocycles. The van der Waals surface area contributed by atoms with E-state index in [1.807, 2.05) is 26.0 Å². The summed E-state index contributed by atoms with van der Waals surface area (Å²) in [6, 6.07) is 7.83. The number of rotatable bonds is 2. The van der Waals surface area contributed by atoms with Crippen LogP contribution in [0.3, 0.4) is 0 Å². The molecule has 1 atom stereocenters.